The summed E-state index contributed by atoms with van der Waals surface area (Å²) in [6.07, 6.45) is 0.0472. The first kappa shape index (κ1) is 14.8. The van der Waals surface area contributed by atoms with Crippen LogP contribution >= 0.6 is 0 Å². The molecular weight excluding hydrogens is 285 g/mol. The maximum atomic E-state index is 12.7. The highest BCUT2D eigenvalue weighted by Gasteiger charge is 2.35. The van der Waals surface area contributed by atoms with Gasteiger partial charge in [0.1, 0.15) is 5.75 Å². The molecule has 1 aliphatic rings. The van der Waals surface area contributed by atoms with Crippen molar-refractivity contribution < 1.29 is 22.2 Å². The Morgan fingerprint density at radius 1 is 1.40 bits per heavy atom. The number of nitrogens with zero attached hydrogens (tertiary/aromatic N) is 1. The molecule has 1 N–H and O–H groups in total. The fourth-order valence-corrected chi connectivity index (χ4v) is 3.30. The summed E-state index contributed by atoms with van der Waals surface area (Å²) in [5.41, 5.74) is 0.833. The van der Waals surface area contributed by atoms with E-state index in [0.29, 0.717) is 0 Å². The highest BCUT2D eigenvalue weighted by molar-refractivity contribution is 7.86. The molecule has 2 unspecified atom stereocenters. The molecule has 1 saturated heterocycles. The number of hydrogen-bond acceptors (Lipinski definition) is 4. The van der Waals surface area contributed by atoms with Crippen molar-refractivity contribution in [2.24, 2.45) is 5.92 Å². The lowest BCUT2D eigenvalue weighted by molar-refractivity contribution is -0.129. The number of likely N-dealkylation sites (tertiary alicyclic amines) is 1. The topological polar surface area (TPSA) is 74.7 Å². The van der Waals surface area contributed by atoms with Crippen molar-refractivity contribution in [3.8, 4) is 5.75 Å². The number of hydrogen-bond donors (Lipinski definition) is 1. The summed E-state index contributed by atoms with van der Waals surface area (Å²) >= 11 is 0. The molecule has 0 saturated carbocycles. The van der Waals surface area contributed by atoms with Crippen LogP contribution in [0.4, 0.5) is 3.89 Å². The molecular formula is C13H16FNO4S. The normalized spacial score (nSPS) is 21.2. The third kappa shape index (κ3) is 3.47. The maximum absolute atomic E-state index is 12.7. The lowest BCUT2D eigenvalue weighted by Crippen LogP contribution is -2.29. The van der Waals surface area contributed by atoms with Crippen molar-refractivity contribution in [1.29, 1.82) is 0 Å². The third-order valence-corrected chi connectivity index (χ3v) is 4.39. The minimum atomic E-state index is -4.56. The summed E-state index contributed by atoms with van der Waals surface area (Å²) in [5, 5.41) is 9.24. The van der Waals surface area contributed by atoms with Gasteiger partial charge in [-0.2, -0.15) is 8.42 Å². The Morgan fingerprint density at radius 2 is 2.00 bits per heavy atom. The number of carbonyl (C=O) groups is 1. The van der Waals surface area contributed by atoms with Gasteiger partial charge in [-0.15, -0.1) is 3.89 Å². The number of carbonyl (C=O) groups excluding carboxylic acids is 1. The van der Waals surface area contributed by atoms with Crippen molar-refractivity contribution in [2.45, 2.75) is 19.4 Å². The van der Waals surface area contributed by atoms with E-state index >= 15 is 0 Å². The number of benzene rings is 1. The Kier molecular flexibility index (Phi) is 3.99. The molecule has 0 aliphatic carbocycles. The average Bonchev–Trinajstić information content (AvgIpc) is 2.67. The quantitative estimate of drug-likeness (QED) is 0.857. The van der Waals surface area contributed by atoms with Crippen LogP contribution in [0.15, 0.2) is 24.3 Å². The number of rotatable bonds is 4. The molecule has 1 amide bonds. The van der Waals surface area contributed by atoms with E-state index in [1.54, 1.807) is 17.0 Å². The highest BCUT2D eigenvalue weighted by Crippen LogP contribution is 2.30. The molecule has 7 heteroatoms. The largest absolute Gasteiger partial charge is 0.508 e. The molecule has 20 heavy (non-hydrogen) atoms. The average molecular weight is 301 g/mol. The van der Waals surface area contributed by atoms with E-state index in [-0.39, 0.29) is 30.7 Å². The molecule has 2 atom stereocenters. The van der Waals surface area contributed by atoms with E-state index in [2.05, 4.69) is 0 Å². The van der Waals surface area contributed by atoms with Crippen LogP contribution in [0.1, 0.15) is 24.9 Å². The number of halogens is 1. The minimum Gasteiger partial charge on any atom is -0.508 e. The molecule has 0 spiro atoms. The molecule has 0 bridgehead atoms. The van der Waals surface area contributed by atoms with Gasteiger partial charge in [-0.1, -0.05) is 12.1 Å². The molecule has 1 heterocycles. The summed E-state index contributed by atoms with van der Waals surface area (Å²) in [6.45, 7) is 2.04. The monoisotopic (exact) mass is 301 g/mol. The van der Waals surface area contributed by atoms with Crippen molar-refractivity contribution in [1.82, 2.24) is 4.90 Å². The number of aromatic hydroxyl groups is 1. The molecule has 1 fully saturated rings. The third-order valence-electron chi connectivity index (χ3n) is 3.52. The fourth-order valence-electron chi connectivity index (χ4n) is 2.51. The zero-order valence-corrected chi connectivity index (χ0v) is 11.8. The summed E-state index contributed by atoms with van der Waals surface area (Å²) in [7, 11) is -4.56. The first-order valence-corrected chi connectivity index (χ1v) is 7.82. The molecule has 110 valence electrons. The smallest absolute Gasteiger partial charge is 0.302 e. The van der Waals surface area contributed by atoms with Gasteiger partial charge in [-0.05, 0) is 24.6 Å². The predicted octanol–water partition coefficient (Wildman–Crippen LogP) is 1.60. The van der Waals surface area contributed by atoms with Gasteiger partial charge in [0, 0.05) is 18.9 Å². The van der Waals surface area contributed by atoms with Gasteiger partial charge in [-0.25, -0.2) is 0 Å². The lowest BCUT2D eigenvalue weighted by atomic mass is 10.1. The van der Waals surface area contributed by atoms with Crippen LogP contribution in [-0.2, 0) is 15.0 Å². The van der Waals surface area contributed by atoms with Crippen LogP contribution in [0.5, 0.6) is 5.75 Å². The zero-order chi connectivity index (χ0) is 14.9. The Labute approximate surface area is 117 Å². The summed E-state index contributed by atoms with van der Waals surface area (Å²) in [6, 6.07) is 6.21. The minimum absolute atomic E-state index is 0.0472. The second-order valence-corrected chi connectivity index (χ2v) is 6.50. The first-order valence-electron chi connectivity index (χ1n) is 6.27. The van der Waals surface area contributed by atoms with Gasteiger partial charge >= 0.3 is 10.2 Å². The fraction of sp³-hybridized carbons (Fsp3) is 0.462. The highest BCUT2D eigenvalue weighted by atomic mass is 32.3. The second-order valence-electron chi connectivity index (χ2n) is 5.09. The van der Waals surface area contributed by atoms with E-state index in [9.17, 15) is 22.2 Å². The molecule has 0 radical (unpaired) electrons. The molecule has 1 aromatic rings. The van der Waals surface area contributed by atoms with Crippen LogP contribution in [0.2, 0.25) is 0 Å². The second kappa shape index (κ2) is 5.40. The molecule has 1 aliphatic heterocycles. The van der Waals surface area contributed by atoms with Gasteiger partial charge in [0.25, 0.3) is 0 Å². The number of amides is 1. The number of phenols is 1. The lowest BCUT2D eigenvalue weighted by Gasteiger charge is -2.25. The Bertz CT molecular complexity index is 599. The zero-order valence-electron chi connectivity index (χ0n) is 11.0. The predicted molar refractivity (Wildman–Crippen MR) is 71.2 cm³/mol. The molecule has 1 aromatic carbocycles. The van der Waals surface area contributed by atoms with E-state index in [0.717, 1.165) is 5.56 Å². The van der Waals surface area contributed by atoms with E-state index < -0.39 is 21.9 Å². The Balaban J connectivity index is 2.09. The van der Waals surface area contributed by atoms with Crippen LogP contribution in [0.3, 0.4) is 0 Å². The van der Waals surface area contributed by atoms with Crippen LogP contribution < -0.4 is 0 Å². The van der Waals surface area contributed by atoms with Crippen LogP contribution in [0.25, 0.3) is 0 Å². The molecule has 5 nitrogen and oxygen atoms in total. The maximum Gasteiger partial charge on any atom is 0.302 e. The van der Waals surface area contributed by atoms with E-state index in [4.69, 9.17) is 0 Å². The molecule has 0 aromatic heterocycles. The summed E-state index contributed by atoms with van der Waals surface area (Å²) in [4.78, 5) is 13.5. The first-order chi connectivity index (χ1) is 9.26. The molecule has 2 rings (SSSR count). The standard InChI is InChI=1S/C13H16FNO4S/c1-9(11-2-4-12(16)5-3-11)15-7-10(6-13(15)17)8-20(14,18)19/h2-5,9-10,16H,6-8H2,1H3. The van der Waals surface area contributed by atoms with Crippen molar-refractivity contribution in [3.63, 3.8) is 0 Å². The van der Waals surface area contributed by atoms with Gasteiger partial charge in [0.05, 0.1) is 11.8 Å². The van der Waals surface area contributed by atoms with Crippen molar-refractivity contribution in [3.05, 3.63) is 29.8 Å². The van der Waals surface area contributed by atoms with Gasteiger partial charge in [0.2, 0.25) is 5.91 Å². The van der Waals surface area contributed by atoms with Gasteiger partial charge < -0.3 is 10.0 Å². The van der Waals surface area contributed by atoms with E-state index in [1.807, 2.05) is 6.92 Å². The summed E-state index contributed by atoms with van der Waals surface area (Å²) in [5.74, 6) is -1.16. The van der Waals surface area contributed by atoms with Gasteiger partial charge in [0.15, 0.2) is 0 Å². The SMILES string of the molecule is CC(c1ccc(O)cc1)N1CC(CS(=O)(=O)F)CC1=O. The van der Waals surface area contributed by atoms with Gasteiger partial charge in [-0.3, -0.25) is 4.79 Å². The Morgan fingerprint density at radius 3 is 2.55 bits per heavy atom. The summed E-state index contributed by atoms with van der Waals surface area (Å²) < 4.78 is 34.0. The van der Waals surface area contributed by atoms with Crippen LogP contribution in [0, 0.1) is 5.92 Å². The Hall–Kier alpha value is -1.63. The van der Waals surface area contributed by atoms with E-state index in [1.165, 1.54) is 12.1 Å². The van der Waals surface area contributed by atoms with Crippen molar-refractivity contribution in [2.75, 3.05) is 12.3 Å². The van der Waals surface area contributed by atoms with Crippen LogP contribution in [-0.4, -0.2) is 36.6 Å². The number of phenolic OH excluding ortho intramolecular Hbond substituents is 1. The van der Waals surface area contributed by atoms with Crippen molar-refractivity contribution >= 4 is 16.1 Å².